The number of hydrogen-bond acceptors (Lipinski definition) is 5. The fourth-order valence-electron chi connectivity index (χ4n) is 5.18. The summed E-state index contributed by atoms with van der Waals surface area (Å²) < 4.78 is 26.7. The summed E-state index contributed by atoms with van der Waals surface area (Å²) in [4.78, 5) is 11.1. The Morgan fingerprint density at radius 2 is 1.97 bits per heavy atom. The van der Waals surface area contributed by atoms with Gasteiger partial charge in [0.2, 0.25) is 0 Å². The molecular weight excluding hydrogens is 485 g/mol. The van der Waals surface area contributed by atoms with Gasteiger partial charge in [0, 0.05) is 22.6 Å². The Kier molecular flexibility index (Phi) is 6.90. The highest BCUT2D eigenvalue weighted by molar-refractivity contribution is 6.33. The van der Waals surface area contributed by atoms with E-state index in [1.54, 1.807) is 0 Å². The number of ether oxygens (including phenoxy) is 1. The predicted octanol–water partition coefficient (Wildman–Crippen LogP) is 6.29. The monoisotopic (exact) mass is 513 g/mol. The Labute approximate surface area is 214 Å². The molecule has 0 saturated heterocycles. The molecule has 1 aromatic heterocycles. The lowest BCUT2D eigenvalue weighted by atomic mass is 9.78. The summed E-state index contributed by atoms with van der Waals surface area (Å²) in [5.74, 6) is -0.314. The first-order valence-electron chi connectivity index (χ1n) is 12.3. The van der Waals surface area contributed by atoms with E-state index >= 15 is 0 Å². The van der Waals surface area contributed by atoms with Gasteiger partial charge in [0.15, 0.2) is 0 Å². The normalized spacial score (nSPS) is 22.1. The number of carboxylic acid groups (broad SMARTS) is 1. The van der Waals surface area contributed by atoms with Gasteiger partial charge in [-0.2, -0.15) is 0 Å². The minimum Gasteiger partial charge on any atom is -0.481 e. The van der Waals surface area contributed by atoms with E-state index in [9.17, 15) is 14.3 Å². The molecular formula is C28H29ClFNO5. The third kappa shape index (κ3) is 5.05. The number of benzene rings is 2. The van der Waals surface area contributed by atoms with Crippen LogP contribution in [0.2, 0.25) is 5.02 Å². The molecule has 6 nitrogen and oxygen atoms in total. The molecule has 8 heteroatoms. The topological polar surface area (TPSA) is 92.8 Å². The number of rotatable bonds is 8. The van der Waals surface area contributed by atoms with Gasteiger partial charge in [0.25, 0.3) is 0 Å². The van der Waals surface area contributed by atoms with E-state index in [0.717, 1.165) is 35.3 Å². The highest BCUT2D eigenvalue weighted by Gasteiger charge is 2.38. The van der Waals surface area contributed by atoms with Crippen LogP contribution >= 0.6 is 11.6 Å². The minimum absolute atomic E-state index is 0.113. The van der Waals surface area contributed by atoms with E-state index < -0.39 is 17.4 Å². The molecule has 0 bridgehead atoms. The summed E-state index contributed by atoms with van der Waals surface area (Å²) in [5.41, 5.74) is 2.76. The second-order valence-corrected chi connectivity index (χ2v) is 10.4. The van der Waals surface area contributed by atoms with Crippen LogP contribution in [-0.2, 0) is 28.2 Å². The summed E-state index contributed by atoms with van der Waals surface area (Å²) in [6, 6.07) is 9.89. The van der Waals surface area contributed by atoms with Crippen LogP contribution in [0.4, 0.5) is 4.39 Å². The zero-order valence-electron chi connectivity index (χ0n) is 20.1. The number of halogens is 2. The Balaban J connectivity index is 1.30. The summed E-state index contributed by atoms with van der Waals surface area (Å²) >= 11 is 6.52. The Bertz CT molecular complexity index is 1260. The van der Waals surface area contributed by atoms with E-state index in [1.165, 1.54) is 18.2 Å². The first kappa shape index (κ1) is 24.9. The Morgan fingerprint density at radius 1 is 1.22 bits per heavy atom. The molecule has 190 valence electrons. The molecule has 2 aromatic carbocycles. The number of carbonyl (C=O) groups is 1. The van der Waals surface area contributed by atoms with E-state index in [4.69, 9.17) is 26.0 Å². The molecule has 3 aromatic rings. The maximum atomic E-state index is 14.6. The number of aliphatic hydroxyl groups is 1. The second kappa shape index (κ2) is 9.96. The number of aromatic nitrogens is 1. The quantitative estimate of drug-likeness (QED) is 0.367. The first-order valence-corrected chi connectivity index (χ1v) is 12.7. The molecule has 2 aliphatic carbocycles. The van der Waals surface area contributed by atoms with Gasteiger partial charge in [-0.05, 0) is 74.8 Å². The van der Waals surface area contributed by atoms with Crippen molar-refractivity contribution in [3.8, 4) is 11.3 Å². The Morgan fingerprint density at radius 3 is 2.64 bits per heavy atom. The number of hydrogen-bond donors (Lipinski definition) is 2. The molecule has 36 heavy (non-hydrogen) atoms. The first-order chi connectivity index (χ1) is 17.2. The molecule has 2 saturated carbocycles. The van der Waals surface area contributed by atoms with Crippen molar-refractivity contribution in [3.05, 3.63) is 75.3 Å². The van der Waals surface area contributed by atoms with Crippen LogP contribution in [0.1, 0.15) is 72.5 Å². The fraction of sp³-hybridized carbons (Fsp3) is 0.429. The zero-order chi connectivity index (χ0) is 25.4. The molecule has 2 fully saturated rings. The van der Waals surface area contributed by atoms with Gasteiger partial charge in [-0.3, -0.25) is 4.79 Å². The maximum absolute atomic E-state index is 14.6. The summed E-state index contributed by atoms with van der Waals surface area (Å²) in [7, 11) is 0. The van der Waals surface area contributed by atoms with Crippen LogP contribution in [0.5, 0.6) is 0 Å². The summed E-state index contributed by atoms with van der Waals surface area (Å²) in [6.45, 7) is 2.31. The van der Waals surface area contributed by atoms with Crippen molar-refractivity contribution in [1.82, 2.24) is 5.16 Å². The van der Waals surface area contributed by atoms with Crippen LogP contribution < -0.4 is 0 Å². The molecule has 1 heterocycles. The average molecular weight is 514 g/mol. The average Bonchev–Trinajstić information content (AvgIpc) is 3.60. The zero-order valence-corrected chi connectivity index (χ0v) is 20.9. The SMILES string of the molecule is Cc1cccc(Cl)c1-c1noc(C2CC2)c1CO[C@H]1CC[C@](O)(c2cc(CC(=O)O)ccc2F)CC1. The van der Waals surface area contributed by atoms with E-state index in [0.29, 0.717) is 54.5 Å². The molecule has 2 aliphatic rings. The van der Waals surface area contributed by atoms with Crippen LogP contribution in [0, 0.1) is 12.7 Å². The van der Waals surface area contributed by atoms with Gasteiger partial charge in [-0.25, -0.2) is 4.39 Å². The summed E-state index contributed by atoms with van der Waals surface area (Å²) in [5, 5.41) is 25.3. The van der Waals surface area contributed by atoms with Crippen molar-refractivity contribution in [3.63, 3.8) is 0 Å². The van der Waals surface area contributed by atoms with Crippen molar-refractivity contribution >= 4 is 17.6 Å². The van der Waals surface area contributed by atoms with Crippen molar-refractivity contribution in [1.29, 1.82) is 0 Å². The van der Waals surface area contributed by atoms with E-state index in [-0.39, 0.29) is 18.1 Å². The minimum atomic E-state index is -1.35. The van der Waals surface area contributed by atoms with Gasteiger partial charge < -0.3 is 19.5 Å². The number of aliphatic carboxylic acids is 1. The van der Waals surface area contributed by atoms with E-state index in [1.807, 2.05) is 25.1 Å². The second-order valence-electron chi connectivity index (χ2n) is 10.0. The van der Waals surface area contributed by atoms with Crippen LogP contribution in [0.3, 0.4) is 0 Å². The standard InChI is InChI=1S/C28H29ClFNO5/c1-16-3-2-4-22(29)25(16)26-20(27(36-31-26)18-6-7-18)15-35-19-9-11-28(34,12-10-19)21-13-17(14-24(32)33)5-8-23(21)30/h2-5,8,13,18-19,34H,6-7,9-12,14-15H2,1H3,(H,32,33)/t19-,28+. The lowest BCUT2D eigenvalue weighted by molar-refractivity contribution is -0.136. The maximum Gasteiger partial charge on any atom is 0.307 e. The smallest absolute Gasteiger partial charge is 0.307 e. The molecule has 0 amide bonds. The molecule has 5 rings (SSSR count). The third-order valence-corrected chi connectivity index (χ3v) is 7.65. The van der Waals surface area contributed by atoms with Crippen molar-refractivity contribution in [2.24, 2.45) is 0 Å². The highest BCUT2D eigenvalue weighted by Crippen LogP contribution is 2.46. The lowest BCUT2D eigenvalue weighted by Gasteiger charge is -2.36. The highest BCUT2D eigenvalue weighted by atomic mass is 35.5. The van der Waals surface area contributed by atoms with Gasteiger partial charge in [-0.15, -0.1) is 0 Å². The molecule has 0 atom stereocenters. The van der Waals surface area contributed by atoms with Gasteiger partial charge >= 0.3 is 5.97 Å². The van der Waals surface area contributed by atoms with Gasteiger partial charge in [0.05, 0.1) is 29.8 Å². The summed E-state index contributed by atoms with van der Waals surface area (Å²) in [6.07, 6.45) is 3.52. The number of aryl methyl sites for hydroxylation is 1. The molecule has 0 radical (unpaired) electrons. The van der Waals surface area contributed by atoms with E-state index in [2.05, 4.69) is 5.16 Å². The molecule has 2 N–H and O–H groups in total. The fourth-order valence-corrected chi connectivity index (χ4v) is 5.49. The number of carboxylic acids is 1. The lowest BCUT2D eigenvalue weighted by Crippen LogP contribution is -2.35. The Hall–Kier alpha value is -2.74. The van der Waals surface area contributed by atoms with Gasteiger partial charge in [-0.1, -0.05) is 35.0 Å². The van der Waals surface area contributed by atoms with Gasteiger partial charge in [0.1, 0.15) is 17.3 Å². The van der Waals surface area contributed by atoms with Crippen LogP contribution in [0.25, 0.3) is 11.3 Å². The van der Waals surface area contributed by atoms with Crippen molar-refractivity contribution in [2.75, 3.05) is 0 Å². The van der Waals surface area contributed by atoms with Crippen LogP contribution in [0.15, 0.2) is 40.9 Å². The predicted molar refractivity (Wildman–Crippen MR) is 132 cm³/mol. The van der Waals surface area contributed by atoms with Crippen LogP contribution in [-0.4, -0.2) is 27.4 Å². The van der Waals surface area contributed by atoms with Crippen molar-refractivity contribution < 1.29 is 28.7 Å². The van der Waals surface area contributed by atoms with Crippen molar-refractivity contribution in [2.45, 2.75) is 76.1 Å². The molecule has 0 spiro atoms. The molecule has 0 unspecified atom stereocenters. The number of nitrogens with zero attached hydrogens (tertiary/aromatic N) is 1. The third-order valence-electron chi connectivity index (χ3n) is 7.34. The largest absolute Gasteiger partial charge is 0.481 e. The molecule has 0 aliphatic heterocycles.